The molecule has 3 rings (SSSR count). The smallest absolute Gasteiger partial charge is 0.366 e. The zero-order valence-corrected chi connectivity index (χ0v) is 22.5. The Hall–Kier alpha value is -2.74. The molecular formula is C24H39N6O4P. The highest BCUT2D eigenvalue weighted by Gasteiger charge is 2.37. The van der Waals surface area contributed by atoms with Gasteiger partial charge in [0.1, 0.15) is 0 Å². The van der Waals surface area contributed by atoms with E-state index in [9.17, 15) is 4.57 Å². The van der Waals surface area contributed by atoms with E-state index in [1.807, 2.05) is 0 Å². The van der Waals surface area contributed by atoms with Crippen molar-refractivity contribution >= 4 is 7.82 Å². The molecule has 0 aromatic carbocycles. The standard InChI is InChI=1S/C24H39N6O4P/c1-7-16(8-2)19-13-22(28-25-19)32-35(31,33-23-14-20(26-29-23)17(9-3)10-4)34-24-15-21(27-30-24)18(11-5)12-6/h13-18H,7-12H2,1-6H3,(H,25,28)(H,26,29)(H,27,30). The quantitative estimate of drug-likeness (QED) is 0.186. The van der Waals surface area contributed by atoms with E-state index in [4.69, 9.17) is 13.6 Å². The second-order valence-corrected chi connectivity index (χ2v) is 10.2. The summed E-state index contributed by atoms with van der Waals surface area (Å²) >= 11 is 0. The highest BCUT2D eigenvalue weighted by molar-refractivity contribution is 7.49. The third kappa shape index (κ3) is 6.69. The van der Waals surface area contributed by atoms with Gasteiger partial charge in [0.05, 0.1) is 0 Å². The Labute approximate surface area is 207 Å². The highest BCUT2D eigenvalue weighted by atomic mass is 31.2. The van der Waals surface area contributed by atoms with E-state index in [2.05, 4.69) is 72.1 Å². The number of aromatic nitrogens is 6. The molecule has 0 aliphatic rings. The fraction of sp³-hybridized carbons (Fsp3) is 0.625. The summed E-state index contributed by atoms with van der Waals surface area (Å²) in [5, 5.41) is 21.5. The van der Waals surface area contributed by atoms with Crippen molar-refractivity contribution in [1.82, 2.24) is 30.6 Å². The first-order valence-electron chi connectivity index (χ1n) is 12.7. The lowest BCUT2D eigenvalue weighted by Crippen LogP contribution is -2.08. The molecule has 0 bridgehead atoms. The van der Waals surface area contributed by atoms with E-state index in [1.165, 1.54) is 0 Å². The number of aromatic amines is 3. The van der Waals surface area contributed by atoms with Gasteiger partial charge >= 0.3 is 7.82 Å². The summed E-state index contributed by atoms with van der Waals surface area (Å²) in [5.74, 6) is 1.27. The van der Waals surface area contributed by atoms with Gasteiger partial charge in [0.2, 0.25) is 17.6 Å². The van der Waals surface area contributed by atoms with E-state index in [0.717, 1.165) is 55.6 Å². The summed E-state index contributed by atoms with van der Waals surface area (Å²) in [6.45, 7) is 12.6. The van der Waals surface area contributed by atoms with E-state index >= 15 is 0 Å². The van der Waals surface area contributed by atoms with Gasteiger partial charge in [0, 0.05) is 53.0 Å². The lowest BCUT2D eigenvalue weighted by Gasteiger charge is -2.15. The molecule has 3 aromatic heterocycles. The van der Waals surface area contributed by atoms with Crippen LogP contribution in [0, 0.1) is 0 Å². The topological polar surface area (TPSA) is 131 Å². The van der Waals surface area contributed by atoms with Crippen LogP contribution in [0.25, 0.3) is 0 Å². The molecule has 11 heteroatoms. The normalized spacial score (nSPS) is 12.1. The molecule has 3 N–H and O–H groups in total. The van der Waals surface area contributed by atoms with Crippen molar-refractivity contribution in [2.24, 2.45) is 0 Å². The Bertz CT molecular complexity index is 948. The van der Waals surface area contributed by atoms with Gasteiger partial charge in [-0.25, -0.2) is 0 Å². The van der Waals surface area contributed by atoms with Crippen molar-refractivity contribution in [3.8, 4) is 17.6 Å². The summed E-state index contributed by atoms with van der Waals surface area (Å²) in [6.07, 6.45) is 5.67. The Morgan fingerprint density at radius 1 is 0.600 bits per heavy atom. The van der Waals surface area contributed by atoms with Gasteiger partial charge in [0.15, 0.2) is 0 Å². The molecule has 0 radical (unpaired) electrons. The van der Waals surface area contributed by atoms with Gasteiger partial charge in [0.25, 0.3) is 0 Å². The van der Waals surface area contributed by atoms with E-state index in [-0.39, 0.29) is 17.6 Å². The molecule has 0 aliphatic carbocycles. The van der Waals surface area contributed by atoms with E-state index in [0.29, 0.717) is 17.8 Å². The summed E-state index contributed by atoms with van der Waals surface area (Å²) in [6, 6.07) is 5.20. The molecule has 3 heterocycles. The van der Waals surface area contributed by atoms with E-state index in [1.54, 1.807) is 18.2 Å². The lowest BCUT2D eigenvalue weighted by molar-refractivity contribution is 0.286. The summed E-state index contributed by atoms with van der Waals surface area (Å²) in [5.41, 5.74) is 2.72. The molecule has 3 aromatic rings. The van der Waals surface area contributed by atoms with Gasteiger partial charge in [-0.1, -0.05) is 41.5 Å². The fourth-order valence-corrected chi connectivity index (χ4v) is 5.38. The summed E-state index contributed by atoms with van der Waals surface area (Å²) in [4.78, 5) is 0. The SMILES string of the molecule is CCC(CC)c1cc(OP(=O)(Oc2cc(C(CC)CC)[nH]n2)Oc2cc(C(CC)CC)[nH]n2)n[nH]1. The van der Waals surface area contributed by atoms with Gasteiger partial charge in [-0.05, 0) is 38.5 Å². The number of H-pyrrole nitrogens is 3. The largest absolute Gasteiger partial charge is 0.651 e. The zero-order chi connectivity index (χ0) is 25.4. The Kier molecular flexibility index (Phi) is 9.43. The molecule has 35 heavy (non-hydrogen) atoms. The van der Waals surface area contributed by atoms with Crippen LogP contribution in [0.1, 0.15) is 115 Å². The molecule has 0 aliphatic heterocycles. The lowest BCUT2D eigenvalue weighted by atomic mass is 10.00. The van der Waals surface area contributed by atoms with Crippen LogP contribution in [-0.2, 0) is 4.57 Å². The number of nitrogens with one attached hydrogen (secondary N) is 3. The minimum absolute atomic E-state index is 0.127. The number of phosphoric acid groups is 1. The fourth-order valence-electron chi connectivity index (χ4n) is 4.30. The molecule has 0 saturated carbocycles. The van der Waals surface area contributed by atoms with Crippen LogP contribution in [0.15, 0.2) is 18.2 Å². The molecule has 0 fully saturated rings. The average Bonchev–Trinajstić information content (AvgIpc) is 3.59. The first kappa shape index (κ1) is 26.9. The molecule has 10 nitrogen and oxygen atoms in total. The molecular weight excluding hydrogens is 467 g/mol. The van der Waals surface area contributed by atoms with Crippen molar-refractivity contribution in [1.29, 1.82) is 0 Å². The molecule has 0 amide bonds. The monoisotopic (exact) mass is 506 g/mol. The Morgan fingerprint density at radius 2 is 0.857 bits per heavy atom. The third-order valence-corrected chi connectivity index (χ3v) is 7.85. The Balaban J connectivity index is 1.87. The predicted octanol–water partition coefficient (Wildman–Crippen LogP) is 7.21. The van der Waals surface area contributed by atoms with Crippen molar-refractivity contribution < 1.29 is 18.1 Å². The molecule has 194 valence electrons. The number of hydrogen-bond donors (Lipinski definition) is 3. The van der Waals surface area contributed by atoms with Crippen LogP contribution < -0.4 is 13.6 Å². The van der Waals surface area contributed by atoms with Crippen molar-refractivity contribution in [3.05, 3.63) is 35.3 Å². The maximum absolute atomic E-state index is 13.8. The van der Waals surface area contributed by atoms with Crippen LogP contribution in [-0.4, -0.2) is 30.6 Å². The van der Waals surface area contributed by atoms with Crippen LogP contribution >= 0.6 is 7.82 Å². The number of phosphoric ester groups is 1. The number of nitrogens with zero attached hydrogens (tertiary/aromatic N) is 3. The van der Waals surface area contributed by atoms with Gasteiger partial charge < -0.3 is 13.6 Å². The first-order chi connectivity index (χ1) is 16.9. The summed E-state index contributed by atoms with van der Waals surface area (Å²) < 4.78 is 31.1. The summed E-state index contributed by atoms with van der Waals surface area (Å²) in [7, 11) is -4.23. The van der Waals surface area contributed by atoms with Crippen LogP contribution in [0.4, 0.5) is 0 Å². The van der Waals surface area contributed by atoms with Gasteiger partial charge in [-0.3, -0.25) is 15.3 Å². The second kappa shape index (κ2) is 12.3. The zero-order valence-electron chi connectivity index (χ0n) is 21.6. The van der Waals surface area contributed by atoms with Crippen LogP contribution in [0.2, 0.25) is 0 Å². The van der Waals surface area contributed by atoms with Crippen LogP contribution in [0.3, 0.4) is 0 Å². The highest BCUT2D eigenvalue weighted by Crippen LogP contribution is 2.49. The molecule has 0 unspecified atom stereocenters. The minimum Gasteiger partial charge on any atom is -0.366 e. The predicted molar refractivity (Wildman–Crippen MR) is 135 cm³/mol. The number of hydrogen-bond acceptors (Lipinski definition) is 7. The second-order valence-electron chi connectivity index (χ2n) is 8.75. The van der Waals surface area contributed by atoms with Crippen molar-refractivity contribution in [3.63, 3.8) is 0 Å². The minimum atomic E-state index is -4.23. The molecule has 0 spiro atoms. The average molecular weight is 507 g/mol. The molecule has 0 atom stereocenters. The number of rotatable bonds is 15. The van der Waals surface area contributed by atoms with Gasteiger partial charge in [-0.2, -0.15) is 4.57 Å². The Morgan fingerprint density at radius 3 is 1.09 bits per heavy atom. The van der Waals surface area contributed by atoms with Crippen LogP contribution in [0.5, 0.6) is 17.6 Å². The third-order valence-electron chi connectivity index (χ3n) is 6.61. The first-order valence-corrected chi connectivity index (χ1v) is 14.2. The molecule has 0 saturated heterocycles. The van der Waals surface area contributed by atoms with Crippen molar-refractivity contribution in [2.45, 2.75) is 97.8 Å². The van der Waals surface area contributed by atoms with E-state index < -0.39 is 7.82 Å². The maximum Gasteiger partial charge on any atom is 0.651 e. The maximum atomic E-state index is 13.8. The van der Waals surface area contributed by atoms with Crippen molar-refractivity contribution in [2.75, 3.05) is 0 Å². The van der Waals surface area contributed by atoms with Gasteiger partial charge in [-0.15, -0.1) is 15.3 Å².